The van der Waals surface area contributed by atoms with E-state index >= 15 is 0 Å². The Bertz CT molecular complexity index is 1260. The summed E-state index contributed by atoms with van der Waals surface area (Å²) in [5.74, 6) is -0.878. The number of nitrogens with one attached hydrogen (secondary N) is 2. The molecule has 0 fully saturated rings. The van der Waals surface area contributed by atoms with Gasteiger partial charge in [0.2, 0.25) is 0 Å². The van der Waals surface area contributed by atoms with E-state index in [4.69, 9.17) is 0 Å². The van der Waals surface area contributed by atoms with Crippen molar-refractivity contribution in [3.05, 3.63) is 99.5 Å². The van der Waals surface area contributed by atoms with E-state index in [9.17, 15) is 14.4 Å². The van der Waals surface area contributed by atoms with Gasteiger partial charge in [-0.15, -0.1) is 0 Å². The van der Waals surface area contributed by atoms with Crippen LogP contribution in [-0.2, 0) is 9.59 Å². The number of carbonyl (C=O) groups excluding carboxylic acids is 3. The number of nitrogens with zero attached hydrogens (tertiary/aromatic N) is 1. The normalized spacial score (nSPS) is 13.6. The molecule has 0 bridgehead atoms. The highest BCUT2D eigenvalue weighted by atomic mass is 79.9. The molecule has 0 radical (unpaired) electrons. The second kappa shape index (κ2) is 10.3. The first-order valence-electron chi connectivity index (χ1n) is 10.6. The number of benzene rings is 3. The maximum atomic E-state index is 13.1. The van der Waals surface area contributed by atoms with Gasteiger partial charge in [0.15, 0.2) is 0 Å². The summed E-state index contributed by atoms with van der Waals surface area (Å²) in [4.78, 5) is 40.9. The number of hydrogen-bond acceptors (Lipinski definition) is 5. The maximum Gasteiger partial charge on any atom is 0.278 e. The molecule has 172 valence electrons. The molecule has 6 nitrogen and oxygen atoms in total. The van der Waals surface area contributed by atoms with Crippen LogP contribution in [0.25, 0.3) is 0 Å². The van der Waals surface area contributed by atoms with Gasteiger partial charge >= 0.3 is 0 Å². The molecule has 0 atom stereocenters. The van der Waals surface area contributed by atoms with Crippen LogP contribution >= 0.6 is 27.7 Å². The third-order valence-electron chi connectivity index (χ3n) is 5.07. The maximum absolute atomic E-state index is 13.1. The minimum atomic E-state index is -0.350. The second-order valence-corrected chi connectivity index (χ2v) is 9.86. The van der Waals surface area contributed by atoms with Crippen LogP contribution in [-0.4, -0.2) is 28.7 Å². The minimum absolute atomic E-state index is 0.200. The summed E-state index contributed by atoms with van der Waals surface area (Å²) >= 11 is 4.62. The van der Waals surface area contributed by atoms with Gasteiger partial charge in [0, 0.05) is 32.3 Å². The first-order valence-corrected chi connectivity index (χ1v) is 12.2. The Kier molecular flexibility index (Phi) is 7.19. The zero-order valence-corrected chi connectivity index (χ0v) is 20.9. The van der Waals surface area contributed by atoms with Gasteiger partial charge in [-0.1, -0.05) is 45.9 Å². The Hall–Kier alpha value is -3.36. The number of amides is 3. The highest BCUT2D eigenvalue weighted by Gasteiger charge is 2.40. The van der Waals surface area contributed by atoms with Crippen molar-refractivity contribution in [3.63, 3.8) is 0 Å². The molecule has 34 heavy (non-hydrogen) atoms. The Morgan fingerprint density at radius 3 is 2.09 bits per heavy atom. The van der Waals surface area contributed by atoms with Gasteiger partial charge in [0.05, 0.1) is 0 Å². The van der Waals surface area contributed by atoms with Gasteiger partial charge in [0.1, 0.15) is 10.6 Å². The lowest BCUT2D eigenvalue weighted by Gasteiger charge is -2.19. The number of anilines is 2. The van der Waals surface area contributed by atoms with Gasteiger partial charge in [-0.25, -0.2) is 0 Å². The molecule has 1 aliphatic heterocycles. The van der Waals surface area contributed by atoms with E-state index in [0.29, 0.717) is 21.8 Å². The molecule has 0 unspecified atom stereocenters. The number of imide groups is 1. The van der Waals surface area contributed by atoms with Crippen LogP contribution in [0.5, 0.6) is 0 Å². The Labute approximate surface area is 210 Å². The molecule has 0 aliphatic carbocycles. The van der Waals surface area contributed by atoms with E-state index in [-0.39, 0.29) is 29.5 Å². The SMILES string of the molecule is CC(C)N1C(=O)C(Nc2ccc(Br)cc2)=C(Sc2ccc(NC(=O)c3ccccc3)cc2)C1=O. The van der Waals surface area contributed by atoms with Crippen molar-refractivity contribution in [2.75, 3.05) is 10.6 Å². The van der Waals surface area contributed by atoms with E-state index in [1.54, 1.807) is 24.3 Å². The predicted molar refractivity (Wildman–Crippen MR) is 138 cm³/mol. The highest BCUT2D eigenvalue weighted by molar-refractivity contribution is 9.10. The van der Waals surface area contributed by atoms with E-state index in [0.717, 1.165) is 9.37 Å². The Morgan fingerprint density at radius 2 is 1.47 bits per heavy atom. The van der Waals surface area contributed by atoms with Crippen molar-refractivity contribution in [3.8, 4) is 0 Å². The van der Waals surface area contributed by atoms with E-state index < -0.39 is 0 Å². The first kappa shape index (κ1) is 23.8. The van der Waals surface area contributed by atoms with Crippen molar-refractivity contribution in [1.82, 2.24) is 4.90 Å². The van der Waals surface area contributed by atoms with E-state index in [1.807, 2.05) is 68.4 Å². The lowest BCUT2D eigenvalue weighted by molar-refractivity contribution is -0.139. The fourth-order valence-corrected chi connectivity index (χ4v) is 4.59. The molecule has 8 heteroatoms. The predicted octanol–water partition coefficient (Wildman–Crippen LogP) is 5.89. The van der Waals surface area contributed by atoms with Crippen molar-refractivity contribution in [1.29, 1.82) is 0 Å². The standard InChI is InChI=1S/C26H22BrN3O3S/c1-16(2)30-25(32)22(28-19-10-8-18(27)9-11-19)23(26(30)33)34-21-14-12-20(13-15-21)29-24(31)17-6-4-3-5-7-17/h3-16,28H,1-2H3,(H,29,31). The van der Waals surface area contributed by atoms with Crippen molar-refractivity contribution in [2.45, 2.75) is 24.8 Å². The lowest BCUT2D eigenvalue weighted by Crippen LogP contribution is -2.38. The van der Waals surface area contributed by atoms with Crippen LogP contribution < -0.4 is 10.6 Å². The molecule has 3 aromatic carbocycles. The average molecular weight is 536 g/mol. The zero-order valence-electron chi connectivity index (χ0n) is 18.5. The van der Waals surface area contributed by atoms with Gasteiger partial charge in [-0.2, -0.15) is 0 Å². The summed E-state index contributed by atoms with van der Waals surface area (Å²) in [6, 6.07) is 23.2. The number of halogens is 1. The molecule has 2 N–H and O–H groups in total. The Morgan fingerprint density at radius 1 is 0.853 bits per heavy atom. The molecule has 0 spiro atoms. The van der Waals surface area contributed by atoms with Crippen LogP contribution in [0.3, 0.4) is 0 Å². The van der Waals surface area contributed by atoms with Crippen LogP contribution in [0, 0.1) is 0 Å². The molecular formula is C26H22BrN3O3S. The number of carbonyl (C=O) groups is 3. The van der Waals surface area contributed by atoms with Crippen LogP contribution in [0.1, 0.15) is 24.2 Å². The summed E-state index contributed by atoms with van der Waals surface area (Å²) in [6.45, 7) is 3.62. The number of thioether (sulfide) groups is 1. The summed E-state index contributed by atoms with van der Waals surface area (Å²) in [5, 5.41) is 5.99. The Balaban J connectivity index is 1.55. The van der Waals surface area contributed by atoms with E-state index in [1.165, 1.54) is 16.7 Å². The zero-order chi connectivity index (χ0) is 24.2. The van der Waals surface area contributed by atoms with Gasteiger partial charge in [0.25, 0.3) is 17.7 Å². The molecule has 3 amide bonds. The molecule has 4 rings (SSSR count). The van der Waals surface area contributed by atoms with Crippen LogP contribution in [0.15, 0.2) is 98.8 Å². The molecule has 3 aromatic rings. The molecule has 1 aliphatic rings. The van der Waals surface area contributed by atoms with Crippen LogP contribution in [0.4, 0.5) is 11.4 Å². The van der Waals surface area contributed by atoms with Crippen LogP contribution in [0.2, 0.25) is 0 Å². The summed E-state index contributed by atoms with van der Waals surface area (Å²) in [6.07, 6.45) is 0. The smallest absolute Gasteiger partial charge is 0.278 e. The molecule has 1 heterocycles. The van der Waals surface area contributed by atoms with Crippen molar-refractivity contribution in [2.24, 2.45) is 0 Å². The van der Waals surface area contributed by atoms with Gasteiger partial charge < -0.3 is 10.6 Å². The van der Waals surface area contributed by atoms with Crippen molar-refractivity contribution >= 4 is 56.8 Å². The second-order valence-electron chi connectivity index (χ2n) is 7.86. The number of rotatable bonds is 7. The third-order valence-corrected chi connectivity index (χ3v) is 6.69. The van der Waals surface area contributed by atoms with Gasteiger partial charge in [-0.05, 0) is 74.5 Å². The van der Waals surface area contributed by atoms with E-state index in [2.05, 4.69) is 26.6 Å². The first-order chi connectivity index (χ1) is 16.3. The largest absolute Gasteiger partial charge is 0.350 e. The topological polar surface area (TPSA) is 78.5 Å². The molecule has 0 aromatic heterocycles. The molecule has 0 saturated carbocycles. The highest BCUT2D eigenvalue weighted by Crippen LogP contribution is 2.37. The molecule has 0 saturated heterocycles. The van der Waals surface area contributed by atoms with Gasteiger partial charge in [-0.3, -0.25) is 19.3 Å². The minimum Gasteiger partial charge on any atom is -0.350 e. The fourth-order valence-electron chi connectivity index (χ4n) is 3.39. The summed E-state index contributed by atoms with van der Waals surface area (Å²) in [5.41, 5.74) is 2.17. The quantitative estimate of drug-likeness (QED) is 0.368. The molecular weight excluding hydrogens is 514 g/mol. The monoisotopic (exact) mass is 535 g/mol. The number of hydrogen-bond donors (Lipinski definition) is 2. The third kappa shape index (κ3) is 5.24. The van der Waals surface area contributed by atoms with Crippen molar-refractivity contribution < 1.29 is 14.4 Å². The fraction of sp³-hybridized carbons (Fsp3) is 0.115. The average Bonchev–Trinajstić information content (AvgIpc) is 3.06. The lowest BCUT2D eigenvalue weighted by atomic mass is 10.2. The summed E-state index contributed by atoms with van der Waals surface area (Å²) in [7, 11) is 0. The summed E-state index contributed by atoms with van der Waals surface area (Å²) < 4.78 is 0.915.